The van der Waals surface area contributed by atoms with Crippen molar-refractivity contribution in [3.63, 3.8) is 0 Å². The molecule has 0 fully saturated rings. The van der Waals surface area contributed by atoms with E-state index in [1.165, 1.54) is 31.4 Å². The lowest BCUT2D eigenvalue weighted by Gasteiger charge is -2.17. The van der Waals surface area contributed by atoms with Gasteiger partial charge in [0, 0.05) is 0 Å². The van der Waals surface area contributed by atoms with E-state index in [0.717, 1.165) is 0 Å². The molecule has 1 amide bonds. The number of nitrogens with one attached hydrogen (secondary N) is 1. The van der Waals surface area contributed by atoms with E-state index in [9.17, 15) is 14.0 Å². The molecule has 0 spiro atoms. The number of carbonyl (C=O) groups excluding carboxylic acids is 2. The first-order valence-corrected chi connectivity index (χ1v) is 6.36. The summed E-state index contributed by atoms with van der Waals surface area (Å²) >= 11 is 3.02. The van der Waals surface area contributed by atoms with Crippen molar-refractivity contribution in [1.29, 1.82) is 0 Å². The van der Waals surface area contributed by atoms with Gasteiger partial charge < -0.3 is 10.1 Å². The molecule has 4 nitrogen and oxygen atoms in total. The highest BCUT2D eigenvalue weighted by molar-refractivity contribution is 9.09. The van der Waals surface area contributed by atoms with Crippen molar-refractivity contribution in [2.24, 2.45) is 0 Å². The monoisotopic (exact) mass is 317 g/mol. The highest BCUT2D eigenvalue weighted by atomic mass is 79.9. The van der Waals surface area contributed by atoms with Gasteiger partial charge in [-0.25, -0.2) is 4.39 Å². The van der Waals surface area contributed by atoms with Crippen molar-refractivity contribution >= 4 is 27.8 Å². The number of carbonyl (C=O) groups is 2. The Balaban J connectivity index is 2.85. The minimum absolute atomic E-state index is 0.000865. The predicted octanol–water partition coefficient (Wildman–Crippen LogP) is 1.94. The summed E-state index contributed by atoms with van der Waals surface area (Å²) in [5.41, 5.74) is 0.649. The third kappa shape index (κ3) is 4.44. The highest BCUT2D eigenvalue weighted by Gasteiger charge is 2.18. The quantitative estimate of drug-likeness (QED) is 0.667. The molecule has 1 aromatic rings. The molecule has 1 aromatic carbocycles. The Bertz CT molecular complexity index is 404. The third-order valence-electron chi connectivity index (χ3n) is 2.33. The first-order valence-electron chi connectivity index (χ1n) is 5.24. The van der Waals surface area contributed by atoms with Crippen LogP contribution >= 0.6 is 15.9 Å². The van der Waals surface area contributed by atoms with E-state index in [-0.39, 0.29) is 23.5 Å². The van der Waals surface area contributed by atoms with Crippen molar-refractivity contribution in [1.82, 2.24) is 5.32 Å². The van der Waals surface area contributed by atoms with Gasteiger partial charge in [-0.05, 0) is 17.7 Å². The molecule has 0 saturated carbocycles. The number of benzene rings is 1. The number of amides is 1. The molecule has 0 aliphatic carbocycles. The smallest absolute Gasteiger partial charge is 0.307 e. The SMILES string of the molecule is COC(=O)C[C@@H](NC(=O)CBr)c1ccc(F)cc1. The molecule has 0 saturated heterocycles. The van der Waals surface area contributed by atoms with Gasteiger partial charge in [-0.3, -0.25) is 9.59 Å². The van der Waals surface area contributed by atoms with Crippen LogP contribution in [0.1, 0.15) is 18.0 Å². The van der Waals surface area contributed by atoms with Crippen molar-refractivity contribution in [2.45, 2.75) is 12.5 Å². The van der Waals surface area contributed by atoms with Crippen molar-refractivity contribution in [3.05, 3.63) is 35.6 Å². The van der Waals surface area contributed by atoms with E-state index in [1.807, 2.05) is 0 Å². The average molecular weight is 318 g/mol. The van der Waals surface area contributed by atoms with Gasteiger partial charge in [0.05, 0.1) is 24.9 Å². The number of hydrogen-bond acceptors (Lipinski definition) is 3. The molecule has 0 unspecified atom stereocenters. The van der Waals surface area contributed by atoms with E-state index in [0.29, 0.717) is 5.56 Å². The number of ether oxygens (including phenoxy) is 1. The number of alkyl halides is 1. The summed E-state index contributed by atoms with van der Waals surface area (Å²) in [6.07, 6.45) is 0.000865. The fourth-order valence-corrected chi connectivity index (χ4v) is 1.59. The minimum atomic E-state index is -0.525. The largest absolute Gasteiger partial charge is 0.469 e. The Labute approximate surface area is 113 Å². The zero-order valence-electron chi connectivity index (χ0n) is 9.78. The second kappa shape index (κ2) is 7.10. The second-order valence-electron chi connectivity index (χ2n) is 3.59. The van der Waals surface area contributed by atoms with Gasteiger partial charge in [0.15, 0.2) is 0 Å². The number of halogens is 2. The molecule has 0 aromatic heterocycles. The summed E-state index contributed by atoms with van der Waals surface area (Å²) in [6.45, 7) is 0. The Morgan fingerprint density at radius 2 is 2.00 bits per heavy atom. The molecule has 98 valence electrons. The van der Waals surface area contributed by atoms with E-state index in [1.54, 1.807) is 0 Å². The maximum Gasteiger partial charge on any atom is 0.307 e. The Morgan fingerprint density at radius 1 is 1.39 bits per heavy atom. The van der Waals surface area contributed by atoms with E-state index >= 15 is 0 Å². The van der Waals surface area contributed by atoms with Gasteiger partial charge >= 0.3 is 5.97 Å². The van der Waals surface area contributed by atoms with Crippen LogP contribution in [0.25, 0.3) is 0 Å². The summed E-state index contributed by atoms with van der Waals surface area (Å²) < 4.78 is 17.4. The lowest BCUT2D eigenvalue weighted by atomic mass is 10.0. The van der Waals surface area contributed by atoms with Gasteiger partial charge in [0.2, 0.25) is 5.91 Å². The molecule has 0 aliphatic heterocycles. The van der Waals surface area contributed by atoms with Gasteiger partial charge in [0.1, 0.15) is 5.82 Å². The standard InChI is InChI=1S/C12H13BrFNO3/c1-18-12(17)6-10(15-11(16)7-13)8-2-4-9(14)5-3-8/h2-5,10H,6-7H2,1H3,(H,15,16)/t10-/m1/s1. The van der Waals surface area contributed by atoms with Crippen molar-refractivity contribution < 1.29 is 18.7 Å². The van der Waals surface area contributed by atoms with Crippen LogP contribution in [-0.2, 0) is 14.3 Å². The first-order chi connectivity index (χ1) is 8.56. The highest BCUT2D eigenvalue weighted by Crippen LogP contribution is 2.18. The van der Waals surface area contributed by atoms with Gasteiger partial charge in [-0.15, -0.1) is 0 Å². The summed E-state index contributed by atoms with van der Waals surface area (Å²) in [5.74, 6) is -1.07. The molecule has 1 rings (SSSR count). The average Bonchev–Trinajstić information content (AvgIpc) is 2.38. The number of rotatable bonds is 5. The zero-order valence-corrected chi connectivity index (χ0v) is 11.4. The predicted molar refractivity (Wildman–Crippen MR) is 67.7 cm³/mol. The number of esters is 1. The third-order valence-corrected chi connectivity index (χ3v) is 2.84. The minimum Gasteiger partial charge on any atom is -0.469 e. The van der Waals surface area contributed by atoms with Gasteiger partial charge in [-0.1, -0.05) is 28.1 Å². The van der Waals surface area contributed by atoms with Crippen LogP contribution in [0.4, 0.5) is 4.39 Å². The molecule has 1 atom stereocenters. The first kappa shape index (κ1) is 14.6. The molecule has 0 aliphatic rings. The Morgan fingerprint density at radius 3 is 2.50 bits per heavy atom. The fourth-order valence-electron chi connectivity index (χ4n) is 1.43. The van der Waals surface area contributed by atoms with Gasteiger partial charge in [0.25, 0.3) is 0 Å². The van der Waals surface area contributed by atoms with E-state index < -0.39 is 12.0 Å². The summed E-state index contributed by atoms with van der Waals surface area (Å²) in [5, 5.41) is 2.79. The maximum absolute atomic E-state index is 12.8. The van der Waals surface area contributed by atoms with Crippen LogP contribution in [0.5, 0.6) is 0 Å². The summed E-state index contributed by atoms with van der Waals surface area (Å²) in [7, 11) is 1.27. The van der Waals surface area contributed by atoms with Crippen molar-refractivity contribution in [2.75, 3.05) is 12.4 Å². The summed E-state index contributed by atoms with van der Waals surface area (Å²) in [6, 6.07) is 5.08. The molecule has 0 bridgehead atoms. The molecule has 1 N–H and O–H groups in total. The Hall–Kier alpha value is -1.43. The summed E-state index contributed by atoms with van der Waals surface area (Å²) in [4.78, 5) is 22.6. The number of hydrogen-bond donors (Lipinski definition) is 1. The van der Waals surface area contributed by atoms with Crippen LogP contribution in [0.15, 0.2) is 24.3 Å². The normalized spacial score (nSPS) is 11.7. The zero-order chi connectivity index (χ0) is 13.5. The molecular weight excluding hydrogens is 305 g/mol. The van der Waals surface area contributed by atoms with Crippen molar-refractivity contribution in [3.8, 4) is 0 Å². The molecule has 0 radical (unpaired) electrons. The van der Waals surface area contributed by atoms with Gasteiger partial charge in [-0.2, -0.15) is 0 Å². The second-order valence-corrected chi connectivity index (χ2v) is 4.15. The number of methoxy groups -OCH3 is 1. The van der Waals surface area contributed by atoms with Crippen LogP contribution in [-0.4, -0.2) is 24.3 Å². The lowest BCUT2D eigenvalue weighted by Crippen LogP contribution is -2.31. The van der Waals surface area contributed by atoms with Crippen LogP contribution < -0.4 is 5.32 Å². The molecule has 6 heteroatoms. The van der Waals surface area contributed by atoms with Crippen LogP contribution in [0.3, 0.4) is 0 Å². The van der Waals surface area contributed by atoms with Crippen LogP contribution in [0.2, 0.25) is 0 Å². The van der Waals surface area contributed by atoms with E-state index in [4.69, 9.17) is 0 Å². The Kier molecular flexibility index (Phi) is 5.77. The molecular formula is C12H13BrFNO3. The fraction of sp³-hybridized carbons (Fsp3) is 0.333. The lowest BCUT2D eigenvalue weighted by molar-refractivity contribution is -0.141. The molecule has 18 heavy (non-hydrogen) atoms. The topological polar surface area (TPSA) is 55.4 Å². The van der Waals surface area contributed by atoms with E-state index in [2.05, 4.69) is 26.0 Å². The maximum atomic E-state index is 12.8. The molecule has 0 heterocycles. The van der Waals surface area contributed by atoms with Crippen LogP contribution in [0, 0.1) is 5.82 Å².